The van der Waals surface area contributed by atoms with Crippen LogP contribution in [0, 0.1) is 5.92 Å². The van der Waals surface area contributed by atoms with Gasteiger partial charge in [0, 0.05) is 25.2 Å². The Morgan fingerprint density at radius 3 is 2.38 bits per heavy atom. The fraction of sp³-hybridized carbons (Fsp3) is 0.611. The lowest BCUT2D eigenvalue weighted by atomic mass is 10.0. The molecule has 2 aliphatic heterocycles. The summed E-state index contributed by atoms with van der Waals surface area (Å²) < 4.78 is 27.6. The van der Waals surface area contributed by atoms with Gasteiger partial charge in [-0.05, 0) is 50.2 Å². The predicted molar refractivity (Wildman–Crippen MR) is 97.6 cm³/mol. The van der Waals surface area contributed by atoms with E-state index in [-0.39, 0.29) is 22.9 Å². The molecule has 2 atom stereocenters. The molecule has 1 aliphatic carbocycles. The van der Waals surface area contributed by atoms with Crippen molar-refractivity contribution in [2.75, 3.05) is 13.1 Å². The Morgan fingerprint density at radius 2 is 1.73 bits per heavy atom. The summed E-state index contributed by atoms with van der Waals surface area (Å²) >= 11 is 0. The van der Waals surface area contributed by atoms with Gasteiger partial charge in [-0.15, -0.1) is 0 Å². The summed E-state index contributed by atoms with van der Waals surface area (Å²) in [5, 5.41) is 0. The summed E-state index contributed by atoms with van der Waals surface area (Å²) in [5.41, 5.74) is 6.40. The third kappa shape index (κ3) is 3.93. The van der Waals surface area contributed by atoms with Gasteiger partial charge >= 0.3 is 0 Å². The maximum Gasteiger partial charge on any atom is 0.241 e. The van der Waals surface area contributed by atoms with Gasteiger partial charge in [0.2, 0.25) is 15.9 Å². The zero-order valence-corrected chi connectivity index (χ0v) is 15.5. The summed E-state index contributed by atoms with van der Waals surface area (Å²) in [6, 6.07) is 8.55. The number of carbonyl (C=O) groups is 1. The van der Waals surface area contributed by atoms with Crippen molar-refractivity contribution in [2.24, 2.45) is 5.92 Å². The van der Waals surface area contributed by atoms with E-state index in [4.69, 9.17) is 0 Å². The van der Waals surface area contributed by atoms with Crippen LogP contribution in [-0.2, 0) is 14.8 Å². The lowest BCUT2D eigenvalue weighted by molar-refractivity contribution is -0.134. The first kappa shape index (κ1) is 17.9. The fourth-order valence-electron chi connectivity index (χ4n) is 3.88. The van der Waals surface area contributed by atoms with E-state index >= 15 is 0 Å². The molecule has 1 aromatic carbocycles. The summed E-state index contributed by atoms with van der Waals surface area (Å²) in [6.07, 6.45) is 4.65. The van der Waals surface area contributed by atoms with Crippen LogP contribution in [0.4, 0.5) is 0 Å². The Balaban J connectivity index is 1.28. The summed E-state index contributed by atoms with van der Waals surface area (Å²) in [6.45, 7) is 1.18. The molecule has 26 heavy (non-hydrogen) atoms. The standard InChI is InChI=1S/C18H26N4O3S/c23-18(17-12-16(19-20-17)13-6-7-13)22-10-8-14(9-11-22)21-26(24,25)15-4-2-1-3-5-15/h1-5,13-14,16-17,19-21H,6-12H2. The van der Waals surface area contributed by atoms with Crippen LogP contribution in [0.1, 0.15) is 32.1 Å². The molecule has 2 unspecified atom stereocenters. The normalized spacial score (nSPS) is 27.6. The number of hydrogen-bond acceptors (Lipinski definition) is 5. The molecule has 3 aliphatic rings. The number of likely N-dealkylation sites (tertiary alicyclic amines) is 1. The number of nitrogens with one attached hydrogen (secondary N) is 3. The highest BCUT2D eigenvalue weighted by Crippen LogP contribution is 2.35. The average Bonchev–Trinajstić information content (AvgIpc) is 3.39. The molecule has 1 aromatic rings. The van der Waals surface area contributed by atoms with Gasteiger partial charge in [0.05, 0.1) is 4.90 Å². The van der Waals surface area contributed by atoms with Crippen LogP contribution in [0.25, 0.3) is 0 Å². The minimum atomic E-state index is -3.50. The zero-order chi connectivity index (χ0) is 18.1. The maximum absolute atomic E-state index is 12.7. The molecule has 0 spiro atoms. The second-order valence-electron chi connectivity index (χ2n) is 7.55. The van der Waals surface area contributed by atoms with E-state index in [0.717, 1.165) is 12.3 Å². The van der Waals surface area contributed by atoms with E-state index in [9.17, 15) is 13.2 Å². The molecule has 2 heterocycles. The largest absolute Gasteiger partial charge is 0.341 e. The number of rotatable bonds is 5. The lowest BCUT2D eigenvalue weighted by Crippen LogP contribution is -2.51. The molecule has 7 nitrogen and oxygen atoms in total. The van der Waals surface area contributed by atoms with E-state index in [1.807, 2.05) is 4.90 Å². The molecule has 0 radical (unpaired) electrons. The number of amides is 1. The van der Waals surface area contributed by atoms with Crippen molar-refractivity contribution in [3.63, 3.8) is 0 Å². The van der Waals surface area contributed by atoms with Crippen LogP contribution in [0.3, 0.4) is 0 Å². The molecule has 8 heteroatoms. The molecule has 0 bridgehead atoms. The Kier molecular flexibility index (Phi) is 5.00. The molecular formula is C18H26N4O3S. The van der Waals surface area contributed by atoms with Gasteiger partial charge in [0.25, 0.3) is 0 Å². The summed E-state index contributed by atoms with van der Waals surface area (Å²) in [4.78, 5) is 14.8. The topological polar surface area (TPSA) is 90.5 Å². The number of hydrogen-bond donors (Lipinski definition) is 3. The molecule has 2 saturated heterocycles. The molecule has 1 amide bonds. The van der Waals surface area contributed by atoms with Crippen molar-refractivity contribution in [3.05, 3.63) is 30.3 Å². The first-order valence-corrected chi connectivity index (χ1v) is 10.9. The van der Waals surface area contributed by atoms with E-state index in [2.05, 4.69) is 15.6 Å². The van der Waals surface area contributed by atoms with Gasteiger partial charge in [-0.2, -0.15) is 0 Å². The molecule has 0 aromatic heterocycles. The zero-order valence-electron chi connectivity index (χ0n) is 14.7. The molecule has 1 saturated carbocycles. The van der Waals surface area contributed by atoms with Crippen LogP contribution in [0.15, 0.2) is 35.2 Å². The number of nitrogens with zero attached hydrogens (tertiary/aromatic N) is 1. The molecule has 4 rings (SSSR count). The van der Waals surface area contributed by atoms with E-state index in [1.165, 1.54) is 12.8 Å². The minimum Gasteiger partial charge on any atom is -0.341 e. The monoisotopic (exact) mass is 378 g/mol. The summed E-state index contributed by atoms with van der Waals surface area (Å²) in [7, 11) is -3.50. The number of hydrazine groups is 1. The molecular weight excluding hydrogens is 352 g/mol. The second-order valence-corrected chi connectivity index (χ2v) is 9.27. The Hall–Kier alpha value is -1.48. The number of carbonyl (C=O) groups excluding carboxylic acids is 1. The highest BCUT2D eigenvalue weighted by molar-refractivity contribution is 7.89. The number of sulfonamides is 1. The quantitative estimate of drug-likeness (QED) is 0.698. The highest BCUT2D eigenvalue weighted by atomic mass is 32.2. The minimum absolute atomic E-state index is 0.127. The molecule has 3 N–H and O–H groups in total. The second kappa shape index (κ2) is 7.26. The Bertz CT molecular complexity index is 743. The third-order valence-electron chi connectivity index (χ3n) is 5.60. The third-order valence-corrected chi connectivity index (χ3v) is 7.14. The van der Waals surface area contributed by atoms with Crippen LogP contribution in [0.5, 0.6) is 0 Å². The van der Waals surface area contributed by atoms with Crippen LogP contribution in [0.2, 0.25) is 0 Å². The van der Waals surface area contributed by atoms with Gasteiger partial charge in [-0.1, -0.05) is 18.2 Å². The van der Waals surface area contributed by atoms with Crippen LogP contribution in [-0.4, -0.2) is 50.4 Å². The van der Waals surface area contributed by atoms with Gasteiger partial charge in [-0.25, -0.2) is 18.6 Å². The van der Waals surface area contributed by atoms with Crippen molar-refractivity contribution < 1.29 is 13.2 Å². The Labute approximate surface area is 154 Å². The lowest BCUT2D eigenvalue weighted by Gasteiger charge is -2.33. The molecule has 3 fully saturated rings. The number of benzene rings is 1. The van der Waals surface area contributed by atoms with E-state index in [1.54, 1.807) is 30.3 Å². The predicted octanol–water partition coefficient (Wildman–Crippen LogP) is 0.601. The highest BCUT2D eigenvalue weighted by Gasteiger charge is 2.40. The fourth-order valence-corrected chi connectivity index (χ4v) is 5.20. The summed E-state index contributed by atoms with van der Waals surface area (Å²) in [5.74, 6) is 0.850. The van der Waals surface area contributed by atoms with Gasteiger partial charge in [0.1, 0.15) is 6.04 Å². The smallest absolute Gasteiger partial charge is 0.241 e. The van der Waals surface area contributed by atoms with Crippen molar-refractivity contribution in [3.8, 4) is 0 Å². The average molecular weight is 378 g/mol. The van der Waals surface area contributed by atoms with E-state index in [0.29, 0.717) is 32.0 Å². The molecule has 142 valence electrons. The maximum atomic E-state index is 12.7. The van der Waals surface area contributed by atoms with Crippen LogP contribution < -0.4 is 15.6 Å². The first-order chi connectivity index (χ1) is 12.5. The van der Waals surface area contributed by atoms with Gasteiger partial charge in [0.15, 0.2) is 0 Å². The van der Waals surface area contributed by atoms with Crippen molar-refractivity contribution in [1.29, 1.82) is 0 Å². The van der Waals surface area contributed by atoms with E-state index < -0.39 is 10.0 Å². The first-order valence-electron chi connectivity index (χ1n) is 9.40. The number of piperidine rings is 1. The van der Waals surface area contributed by atoms with Crippen molar-refractivity contribution in [1.82, 2.24) is 20.5 Å². The SMILES string of the molecule is O=C(C1CC(C2CC2)NN1)N1CCC(NS(=O)(=O)c2ccccc2)CC1. The van der Waals surface area contributed by atoms with Crippen molar-refractivity contribution >= 4 is 15.9 Å². The van der Waals surface area contributed by atoms with Crippen LogP contribution >= 0.6 is 0 Å². The van der Waals surface area contributed by atoms with Gasteiger partial charge in [-0.3, -0.25) is 10.2 Å². The Morgan fingerprint density at radius 1 is 1.04 bits per heavy atom. The van der Waals surface area contributed by atoms with Crippen molar-refractivity contribution in [2.45, 2.75) is 55.1 Å². The van der Waals surface area contributed by atoms with Gasteiger partial charge < -0.3 is 4.90 Å².